The summed E-state index contributed by atoms with van der Waals surface area (Å²) >= 11 is 0. The number of hydrogen-bond acceptors (Lipinski definition) is 3. The van der Waals surface area contributed by atoms with Crippen LogP contribution < -0.4 is 4.90 Å². The van der Waals surface area contributed by atoms with Gasteiger partial charge in [-0.1, -0.05) is 86.5 Å². The Hall–Kier alpha value is -3.70. The molecule has 5 heteroatoms. The third-order valence-corrected chi connectivity index (χ3v) is 12.1. The number of fused-ring (bicyclic) bond motifs is 6. The van der Waals surface area contributed by atoms with Gasteiger partial charge < -0.3 is 15.1 Å². The van der Waals surface area contributed by atoms with Crippen LogP contribution >= 0.6 is 0 Å². The van der Waals surface area contributed by atoms with E-state index in [1.807, 2.05) is 35.2 Å². The number of aliphatic hydroxyl groups excluding tert-OH is 1. The van der Waals surface area contributed by atoms with Gasteiger partial charge in [-0.2, -0.15) is 0 Å². The second-order valence-corrected chi connectivity index (χ2v) is 14.9. The Bertz CT molecular complexity index is 1740. The van der Waals surface area contributed by atoms with Crippen LogP contribution in [-0.2, 0) is 24.2 Å². The number of unbranched alkanes of at least 4 members (excludes halogenated alkanes) is 2. The van der Waals surface area contributed by atoms with E-state index >= 15 is 4.39 Å². The Morgan fingerprint density at radius 3 is 2.55 bits per heavy atom. The lowest BCUT2D eigenvalue weighted by Gasteiger charge is -2.54. The zero-order valence-corrected chi connectivity index (χ0v) is 27.7. The highest BCUT2D eigenvalue weighted by Crippen LogP contribution is 2.63. The summed E-state index contributed by atoms with van der Waals surface area (Å²) in [5.41, 5.74) is 5.13. The summed E-state index contributed by atoms with van der Waals surface area (Å²) in [5, 5.41) is 23.7. The Balaban J connectivity index is 1.10. The number of phenolic OH excluding ortho intramolecular Hbond substituents is 1. The fourth-order valence-corrected chi connectivity index (χ4v) is 9.89. The van der Waals surface area contributed by atoms with Crippen molar-refractivity contribution in [2.75, 3.05) is 4.90 Å². The van der Waals surface area contributed by atoms with E-state index < -0.39 is 12.3 Å². The third kappa shape index (κ3) is 5.97. The number of benzene rings is 4. The normalized spacial score (nSPS) is 28.0. The highest BCUT2D eigenvalue weighted by atomic mass is 19.1. The van der Waals surface area contributed by atoms with Gasteiger partial charge in [0.25, 0.3) is 0 Å². The Kier molecular flexibility index (Phi) is 8.86. The minimum absolute atomic E-state index is 0.0336. The number of aromatic hydroxyl groups is 1. The molecule has 4 aromatic carbocycles. The van der Waals surface area contributed by atoms with Crippen molar-refractivity contribution in [3.05, 3.63) is 107 Å². The van der Waals surface area contributed by atoms with Crippen molar-refractivity contribution >= 4 is 22.4 Å². The molecule has 0 unspecified atom stereocenters. The molecule has 47 heavy (non-hydrogen) atoms. The average molecular weight is 634 g/mol. The lowest BCUT2D eigenvalue weighted by Crippen LogP contribution is -2.51. The number of rotatable bonds is 9. The Morgan fingerprint density at radius 1 is 0.957 bits per heavy atom. The Morgan fingerprint density at radius 2 is 1.74 bits per heavy atom. The first kappa shape index (κ1) is 31.9. The maximum absolute atomic E-state index is 16.2. The smallest absolute Gasteiger partial charge is 0.224 e. The van der Waals surface area contributed by atoms with Crippen molar-refractivity contribution in [1.82, 2.24) is 0 Å². The van der Waals surface area contributed by atoms with Crippen LogP contribution in [0.1, 0.15) is 87.0 Å². The number of nitrogens with zero attached hydrogens (tertiary/aromatic N) is 1. The lowest BCUT2D eigenvalue weighted by atomic mass is 9.51. The molecule has 2 saturated carbocycles. The first-order valence-corrected chi connectivity index (χ1v) is 17.7. The molecule has 0 saturated heterocycles. The molecule has 0 spiro atoms. The van der Waals surface area contributed by atoms with E-state index in [2.05, 4.69) is 55.5 Å². The molecule has 7 rings (SSSR count). The van der Waals surface area contributed by atoms with E-state index in [1.165, 1.54) is 16.3 Å². The standard InChI is InChI=1S/C42H48FNO3/c1-27(45)44(26-28-11-5-3-6-12-28)38-21-17-29-13-9-10-15-33(29)35(38)16-8-4-7-14-30-23-31-24-32(46)18-19-34(31)41-37(43)25-42(2)36(40(30)41)20-22-39(42)47/h3,5-6,9-13,15,17-19,21,24,30,36-37,39-41,46-47H,4,7-8,14,16,20,22-23,25-26H2,1-2H3/t30-,36+,37+,39+,40+,41+,42+/m1/s1. The molecule has 0 aliphatic heterocycles. The molecule has 3 aliphatic rings. The summed E-state index contributed by atoms with van der Waals surface area (Å²) in [6, 6.07) is 28.4. The topological polar surface area (TPSA) is 60.8 Å². The molecule has 246 valence electrons. The first-order valence-electron chi connectivity index (χ1n) is 17.7. The molecule has 0 aromatic heterocycles. The van der Waals surface area contributed by atoms with Crippen molar-refractivity contribution in [2.24, 2.45) is 23.2 Å². The largest absolute Gasteiger partial charge is 0.508 e. The van der Waals surface area contributed by atoms with E-state index in [0.717, 1.165) is 73.7 Å². The van der Waals surface area contributed by atoms with E-state index in [4.69, 9.17) is 0 Å². The van der Waals surface area contributed by atoms with Gasteiger partial charge in [-0.25, -0.2) is 4.39 Å². The maximum Gasteiger partial charge on any atom is 0.224 e. The van der Waals surface area contributed by atoms with Crippen molar-refractivity contribution in [1.29, 1.82) is 0 Å². The van der Waals surface area contributed by atoms with Gasteiger partial charge >= 0.3 is 0 Å². The van der Waals surface area contributed by atoms with Crippen molar-refractivity contribution < 1.29 is 19.4 Å². The highest BCUT2D eigenvalue weighted by molar-refractivity contribution is 5.98. The van der Waals surface area contributed by atoms with E-state index in [1.54, 1.807) is 13.0 Å². The van der Waals surface area contributed by atoms with Crippen molar-refractivity contribution in [3.8, 4) is 5.75 Å². The fourth-order valence-electron chi connectivity index (χ4n) is 9.89. The zero-order chi connectivity index (χ0) is 32.7. The van der Waals surface area contributed by atoms with Crippen LogP contribution in [-0.4, -0.2) is 28.4 Å². The minimum Gasteiger partial charge on any atom is -0.508 e. The Labute approximate surface area is 278 Å². The zero-order valence-electron chi connectivity index (χ0n) is 27.7. The summed E-state index contributed by atoms with van der Waals surface area (Å²) < 4.78 is 16.2. The van der Waals surface area contributed by atoms with E-state index in [0.29, 0.717) is 24.8 Å². The molecule has 2 N–H and O–H groups in total. The summed E-state index contributed by atoms with van der Waals surface area (Å²) in [6.45, 7) is 4.32. The van der Waals surface area contributed by atoms with Crippen LogP contribution in [0.25, 0.3) is 10.8 Å². The average Bonchev–Trinajstić information content (AvgIpc) is 3.36. The molecule has 4 aromatic rings. The van der Waals surface area contributed by atoms with Gasteiger partial charge in [0.2, 0.25) is 5.91 Å². The predicted octanol–water partition coefficient (Wildman–Crippen LogP) is 9.29. The molecule has 4 nitrogen and oxygen atoms in total. The molecule has 3 aliphatic carbocycles. The SMILES string of the molecule is CC(=O)N(Cc1ccccc1)c1ccc2ccccc2c1CCCCC[C@@H]1Cc2cc(O)ccc2[C@@H]2[C@@H]1[C@@H]1CC[C@H](O)[C@@]1(C)C[C@@H]2F. The number of aryl methyl sites for hydroxylation is 1. The molecular weight excluding hydrogens is 585 g/mol. The molecule has 1 amide bonds. The fraction of sp³-hybridized carbons (Fsp3) is 0.452. The number of amides is 1. The number of hydrogen-bond donors (Lipinski definition) is 2. The van der Waals surface area contributed by atoms with Crippen LogP contribution in [0, 0.1) is 23.2 Å². The van der Waals surface area contributed by atoms with Crippen LogP contribution in [0.15, 0.2) is 84.9 Å². The van der Waals surface area contributed by atoms with Crippen molar-refractivity contribution in [2.45, 2.75) is 96.4 Å². The number of halogens is 1. The van der Waals surface area contributed by atoms with Gasteiger partial charge in [-0.15, -0.1) is 0 Å². The third-order valence-electron chi connectivity index (χ3n) is 12.1. The van der Waals surface area contributed by atoms with E-state index in [9.17, 15) is 15.0 Å². The van der Waals surface area contributed by atoms with Gasteiger partial charge in [0.05, 0.1) is 12.6 Å². The van der Waals surface area contributed by atoms with Gasteiger partial charge in [-0.3, -0.25) is 4.79 Å². The number of carbonyl (C=O) groups is 1. The number of alkyl halides is 1. The second-order valence-electron chi connectivity index (χ2n) is 14.9. The number of carbonyl (C=O) groups excluding carboxylic acids is 1. The van der Waals surface area contributed by atoms with Gasteiger partial charge in [-0.05, 0) is 119 Å². The molecule has 7 atom stereocenters. The summed E-state index contributed by atoms with van der Waals surface area (Å²) in [6.07, 6.45) is 6.59. The van der Waals surface area contributed by atoms with Crippen LogP contribution in [0.5, 0.6) is 5.75 Å². The van der Waals surface area contributed by atoms with Gasteiger partial charge in [0.15, 0.2) is 0 Å². The summed E-state index contributed by atoms with van der Waals surface area (Å²) in [5.74, 6) is 0.992. The molecular formula is C42H48FNO3. The van der Waals surface area contributed by atoms with Gasteiger partial charge in [0, 0.05) is 18.5 Å². The van der Waals surface area contributed by atoms with Gasteiger partial charge in [0.1, 0.15) is 11.9 Å². The quantitative estimate of drug-likeness (QED) is 0.181. The highest BCUT2D eigenvalue weighted by Gasteiger charge is 2.59. The van der Waals surface area contributed by atoms with Crippen LogP contribution in [0.2, 0.25) is 0 Å². The molecule has 0 heterocycles. The molecule has 0 radical (unpaired) electrons. The predicted molar refractivity (Wildman–Crippen MR) is 187 cm³/mol. The monoisotopic (exact) mass is 633 g/mol. The number of aliphatic hydroxyl groups is 1. The maximum atomic E-state index is 16.2. The summed E-state index contributed by atoms with van der Waals surface area (Å²) in [7, 11) is 0. The van der Waals surface area contributed by atoms with Crippen LogP contribution in [0.3, 0.4) is 0 Å². The first-order chi connectivity index (χ1) is 22.7. The second kappa shape index (κ2) is 13.1. The summed E-state index contributed by atoms with van der Waals surface area (Å²) in [4.78, 5) is 14.9. The lowest BCUT2D eigenvalue weighted by molar-refractivity contribution is -0.116. The molecule has 0 bridgehead atoms. The molecule has 2 fully saturated rings. The number of phenols is 1. The minimum atomic E-state index is -0.981. The van der Waals surface area contributed by atoms with Crippen LogP contribution in [0.4, 0.5) is 10.1 Å². The van der Waals surface area contributed by atoms with E-state index in [-0.39, 0.29) is 28.9 Å². The van der Waals surface area contributed by atoms with Crippen molar-refractivity contribution in [3.63, 3.8) is 0 Å². The number of anilines is 1.